The van der Waals surface area contributed by atoms with Gasteiger partial charge < -0.3 is 15.1 Å². The van der Waals surface area contributed by atoms with Gasteiger partial charge >= 0.3 is 0 Å². The van der Waals surface area contributed by atoms with E-state index < -0.39 is 0 Å². The van der Waals surface area contributed by atoms with Crippen molar-refractivity contribution in [1.82, 2.24) is 4.90 Å². The molecule has 4 nitrogen and oxygen atoms in total. The molecular formula is C16H17NO3. The number of rotatable bonds is 2. The summed E-state index contributed by atoms with van der Waals surface area (Å²) in [7, 11) is 0. The minimum Gasteiger partial charge on any atom is -0.507 e. The number of aromatic hydroxyl groups is 1. The Balaban J connectivity index is 2.01. The van der Waals surface area contributed by atoms with E-state index in [1.165, 1.54) is 0 Å². The molecule has 1 saturated heterocycles. The van der Waals surface area contributed by atoms with Crippen LogP contribution in [0.15, 0.2) is 36.4 Å². The molecule has 1 aliphatic heterocycles. The van der Waals surface area contributed by atoms with Crippen molar-refractivity contribution in [3.8, 4) is 5.75 Å². The number of benzene rings is 2. The first-order chi connectivity index (χ1) is 9.70. The van der Waals surface area contributed by atoms with Crippen molar-refractivity contribution in [3.05, 3.63) is 42.0 Å². The number of hydrogen-bond donors (Lipinski definition) is 2. The molecular weight excluding hydrogens is 254 g/mol. The normalized spacial score (nSPS) is 18.6. The van der Waals surface area contributed by atoms with Crippen LogP contribution in [0.3, 0.4) is 0 Å². The monoisotopic (exact) mass is 271 g/mol. The molecule has 4 heteroatoms. The van der Waals surface area contributed by atoms with E-state index in [0.29, 0.717) is 12.1 Å². The number of nitrogens with zero attached hydrogens (tertiary/aromatic N) is 1. The lowest BCUT2D eigenvalue weighted by Crippen LogP contribution is -2.37. The first-order valence-corrected chi connectivity index (χ1v) is 6.84. The number of fused-ring (bicyclic) bond motifs is 1. The Morgan fingerprint density at radius 3 is 2.65 bits per heavy atom. The number of phenols is 1. The van der Waals surface area contributed by atoms with Crippen LogP contribution in [0.25, 0.3) is 10.8 Å². The van der Waals surface area contributed by atoms with Crippen molar-refractivity contribution < 1.29 is 15.0 Å². The van der Waals surface area contributed by atoms with Crippen LogP contribution in [0, 0.1) is 0 Å². The Bertz CT molecular complexity index is 653. The second-order valence-corrected chi connectivity index (χ2v) is 5.19. The second kappa shape index (κ2) is 5.13. The zero-order valence-electron chi connectivity index (χ0n) is 11.1. The molecule has 0 aliphatic carbocycles. The van der Waals surface area contributed by atoms with Gasteiger partial charge in [-0.05, 0) is 35.7 Å². The predicted octanol–water partition coefficient (Wildman–Crippen LogP) is 2.14. The summed E-state index contributed by atoms with van der Waals surface area (Å²) in [5, 5.41) is 21.2. The topological polar surface area (TPSA) is 60.8 Å². The Morgan fingerprint density at radius 2 is 1.95 bits per heavy atom. The van der Waals surface area contributed by atoms with Gasteiger partial charge in [-0.3, -0.25) is 4.79 Å². The van der Waals surface area contributed by atoms with Crippen LogP contribution >= 0.6 is 0 Å². The molecule has 3 rings (SSSR count). The number of likely N-dealkylation sites (tertiary alicyclic amines) is 1. The maximum Gasteiger partial charge on any atom is 0.257 e. The molecule has 104 valence electrons. The van der Waals surface area contributed by atoms with E-state index in [2.05, 4.69) is 0 Å². The number of carbonyl (C=O) groups is 1. The van der Waals surface area contributed by atoms with Crippen LogP contribution in [0.4, 0.5) is 0 Å². The molecule has 1 heterocycles. The van der Waals surface area contributed by atoms with Crippen LogP contribution in [0.2, 0.25) is 0 Å². The quantitative estimate of drug-likeness (QED) is 0.879. The van der Waals surface area contributed by atoms with E-state index in [9.17, 15) is 15.0 Å². The number of aliphatic hydroxyl groups excluding tert-OH is 1. The summed E-state index contributed by atoms with van der Waals surface area (Å²) in [6.45, 7) is 0.608. The largest absolute Gasteiger partial charge is 0.507 e. The van der Waals surface area contributed by atoms with Gasteiger partial charge in [0.2, 0.25) is 0 Å². The van der Waals surface area contributed by atoms with Crippen LogP contribution in [0.1, 0.15) is 23.2 Å². The number of amides is 1. The fourth-order valence-electron chi connectivity index (χ4n) is 2.85. The van der Waals surface area contributed by atoms with Gasteiger partial charge in [0, 0.05) is 6.54 Å². The molecule has 2 N–H and O–H groups in total. The maximum atomic E-state index is 12.5. The Kier molecular flexibility index (Phi) is 3.32. The van der Waals surface area contributed by atoms with Gasteiger partial charge in [0.15, 0.2) is 0 Å². The number of carbonyl (C=O) groups excluding carboxylic acids is 1. The highest BCUT2D eigenvalue weighted by atomic mass is 16.3. The molecule has 1 amide bonds. The summed E-state index contributed by atoms with van der Waals surface area (Å²) >= 11 is 0. The molecule has 0 radical (unpaired) electrons. The van der Waals surface area contributed by atoms with E-state index >= 15 is 0 Å². The predicted molar refractivity (Wildman–Crippen MR) is 76.8 cm³/mol. The Morgan fingerprint density at radius 1 is 1.25 bits per heavy atom. The fourth-order valence-corrected chi connectivity index (χ4v) is 2.85. The fraction of sp³-hybridized carbons (Fsp3) is 0.312. The van der Waals surface area contributed by atoms with Gasteiger partial charge in [0.05, 0.1) is 18.2 Å². The summed E-state index contributed by atoms with van der Waals surface area (Å²) in [5.74, 6) is -0.206. The van der Waals surface area contributed by atoms with Crippen molar-refractivity contribution in [2.45, 2.75) is 18.9 Å². The zero-order chi connectivity index (χ0) is 14.1. The summed E-state index contributed by atoms with van der Waals surface area (Å²) in [6.07, 6.45) is 1.71. The van der Waals surface area contributed by atoms with Crippen molar-refractivity contribution in [3.63, 3.8) is 0 Å². The van der Waals surface area contributed by atoms with E-state index in [1.54, 1.807) is 17.0 Å². The van der Waals surface area contributed by atoms with Crippen molar-refractivity contribution in [1.29, 1.82) is 0 Å². The lowest BCUT2D eigenvalue weighted by Gasteiger charge is -2.23. The molecule has 0 saturated carbocycles. The van der Waals surface area contributed by atoms with Crippen LogP contribution in [0.5, 0.6) is 5.75 Å². The SMILES string of the molecule is O=C(c1cc2ccccc2cc1O)N1CCCC1CO. The van der Waals surface area contributed by atoms with Gasteiger partial charge in [-0.25, -0.2) is 0 Å². The minimum absolute atomic E-state index is 0.00251. The summed E-state index contributed by atoms with van der Waals surface area (Å²) in [6, 6.07) is 10.8. The first-order valence-electron chi connectivity index (χ1n) is 6.84. The average molecular weight is 271 g/mol. The van der Waals surface area contributed by atoms with E-state index in [1.807, 2.05) is 24.3 Å². The lowest BCUT2D eigenvalue weighted by atomic mass is 10.0. The standard InChI is InChI=1S/C16H17NO3/c18-10-13-6-3-7-17(13)16(20)14-8-11-4-1-2-5-12(11)9-15(14)19/h1-2,4-5,8-9,13,18-19H,3,6-7,10H2. The molecule has 1 fully saturated rings. The Labute approximate surface area is 117 Å². The molecule has 0 bridgehead atoms. The zero-order valence-corrected chi connectivity index (χ0v) is 11.1. The van der Waals surface area contributed by atoms with E-state index in [0.717, 1.165) is 23.6 Å². The highest BCUT2D eigenvalue weighted by molar-refractivity contribution is 6.01. The molecule has 1 atom stereocenters. The van der Waals surface area contributed by atoms with Crippen molar-refractivity contribution in [2.75, 3.05) is 13.2 Å². The molecule has 0 aromatic heterocycles. The van der Waals surface area contributed by atoms with Crippen LogP contribution < -0.4 is 0 Å². The van der Waals surface area contributed by atoms with E-state index in [-0.39, 0.29) is 24.3 Å². The van der Waals surface area contributed by atoms with E-state index in [4.69, 9.17) is 0 Å². The Hall–Kier alpha value is -2.07. The molecule has 2 aromatic rings. The summed E-state index contributed by atoms with van der Waals surface area (Å²) in [4.78, 5) is 14.2. The molecule has 20 heavy (non-hydrogen) atoms. The lowest BCUT2D eigenvalue weighted by molar-refractivity contribution is 0.0675. The molecule has 1 unspecified atom stereocenters. The summed E-state index contributed by atoms with van der Waals surface area (Å²) in [5.41, 5.74) is 0.309. The smallest absolute Gasteiger partial charge is 0.257 e. The van der Waals surface area contributed by atoms with Gasteiger partial charge in [-0.15, -0.1) is 0 Å². The maximum absolute atomic E-state index is 12.5. The third kappa shape index (κ3) is 2.12. The third-order valence-electron chi connectivity index (χ3n) is 3.94. The number of phenolic OH excluding ortho intramolecular Hbond substituents is 1. The van der Waals surface area contributed by atoms with Gasteiger partial charge in [0.25, 0.3) is 5.91 Å². The van der Waals surface area contributed by atoms with Gasteiger partial charge in [-0.2, -0.15) is 0 Å². The van der Waals surface area contributed by atoms with Crippen LogP contribution in [-0.4, -0.2) is 40.2 Å². The molecule has 2 aromatic carbocycles. The number of aliphatic hydroxyl groups is 1. The highest BCUT2D eigenvalue weighted by Crippen LogP contribution is 2.28. The highest BCUT2D eigenvalue weighted by Gasteiger charge is 2.30. The van der Waals surface area contributed by atoms with Crippen molar-refractivity contribution >= 4 is 16.7 Å². The average Bonchev–Trinajstić information content (AvgIpc) is 2.94. The van der Waals surface area contributed by atoms with Gasteiger partial charge in [0.1, 0.15) is 5.75 Å². The van der Waals surface area contributed by atoms with Crippen molar-refractivity contribution in [2.24, 2.45) is 0 Å². The molecule has 1 aliphatic rings. The van der Waals surface area contributed by atoms with Crippen LogP contribution in [-0.2, 0) is 0 Å². The third-order valence-corrected chi connectivity index (χ3v) is 3.94. The molecule has 0 spiro atoms. The number of hydrogen-bond acceptors (Lipinski definition) is 3. The summed E-state index contributed by atoms with van der Waals surface area (Å²) < 4.78 is 0. The first kappa shape index (κ1) is 12.9. The second-order valence-electron chi connectivity index (χ2n) is 5.19. The minimum atomic E-state index is -0.204. The van der Waals surface area contributed by atoms with Gasteiger partial charge in [-0.1, -0.05) is 24.3 Å².